The van der Waals surface area contributed by atoms with E-state index in [1.165, 1.54) is 0 Å². The lowest BCUT2D eigenvalue weighted by Crippen LogP contribution is -2.54. The third-order valence-electron chi connectivity index (χ3n) is 4.96. The average molecular weight is 289 g/mol. The van der Waals surface area contributed by atoms with Crippen molar-refractivity contribution in [3.63, 3.8) is 0 Å². The highest BCUT2D eigenvalue weighted by atomic mass is 16.3. The minimum absolute atomic E-state index is 0.0971. The Hall–Kier alpha value is -1.62. The summed E-state index contributed by atoms with van der Waals surface area (Å²) >= 11 is 0. The fourth-order valence-electron chi connectivity index (χ4n) is 3.60. The average Bonchev–Trinajstić information content (AvgIpc) is 2.48. The molecule has 114 valence electrons. The number of nitrogens with two attached hydrogens (primary N) is 1. The molecule has 0 aromatic carbocycles. The van der Waals surface area contributed by atoms with Crippen LogP contribution in [0.15, 0.2) is 18.3 Å². The molecule has 1 saturated heterocycles. The van der Waals surface area contributed by atoms with Gasteiger partial charge in [-0.3, -0.25) is 9.78 Å². The lowest BCUT2D eigenvalue weighted by Gasteiger charge is -2.47. The number of carbonyl (C=O) groups excluding carboxylic acids is 1. The van der Waals surface area contributed by atoms with Crippen molar-refractivity contribution in [1.29, 1.82) is 0 Å². The first-order chi connectivity index (χ1) is 10.1. The minimum Gasteiger partial charge on any atom is -0.397 e. The van der Waals surface area contributed by atoms with Gasteiger partial charge in [0.1, 0.15) is 0 Å². The Balaban J connectivity index is 1.62. The van der Waals surface area contributed by atoms with E-state index in [1.807, 2.05) is 4.90 Å². The monoisotopic (exact) mass is 289 g/mol. The van der Waals surface area contributed by atoms with Gasteiger partial charge in [-0.05, 0) is 31.4 Å². The van der Waals surface area contributed by atoms with Crippen molar-refractivity contribution in [2.75, 3.05) is 18.8 Å². The number of anilines is 1. The van der Waals surface area contributed by atoms with Gasteiger partial charge in [0.15, 0.2) is 0 Å². The van der Waals surface area contributed by atoms with Crippen LogP contribution in [0.25, 0.3) is 0 Å². The number of carbonyl (C=O) groups is 1. The SMILES string of the molecule is Nc1ccc(CC(=O)N2CCC3(O)CCCCC3C2)nc1. The zero-order valence-corrected chi connectivity index (χ0v) is 12.3. The van der Waals surface area contributed by atoms with E-state index in [1.54, 1.807) is 18.3 Å². The number of likely N-dealkylation sites (tertiary alicyclic amines) is 1. The van der Waals surface area contributed by atoms with Crippen LogP contribution in [-0.4, -0.2) is 39.6 Å². The molecule has 1 aromatic rings. The number of piperidine rings is 1. The van der Waals surface area contributed by atoms with Crippen molar-refractivity contribution >= 4 is 11.6 Å². The molecular formula is C16H23N3O2. The highest BCUT2D eigenvalue weighted by molar-refractivity contribution is 5.78. The summed E-state index contributed by atoms with van der Waals surface area (Å²) in [4.78, 5) is 18.5. The van der Waals surface area contributed by atoms with Crippen LogP contribution in [-0.2, 0) is 11.2 Å². The smallest absolute Gasteiger partial charge is 0.228 e. The number of hydrogen-bond donors (Lipinski definition) is 2. The van der Waals surface area contributed by atoms with E-state index in [-0.39, 0.29) is 11.8 Å². The fraction of sp³-hybridized carbons (Fsp3) is 0.625. The third kappa shape index (κ3) is 3.02. The summed E-state index contributed by atoms with van der Waals surface area (Å²) in [6.45, 7) is 1.34. The van der Waals surface area contributed by atoms with Crippen LogP contribution in [0.3, 0.4) is 0 Å². The summed E-state index contributed by atoms with van der Waals surface area (Å²) in [5.41, 5.74) is 6.43. The van der Waals surface area contributed by atoms with Crippen molar-refractivity contribution in [2.45, 2.75) is 44.1 Å². The van der Waals surface area contributed by atoms with Crippen LogP contribution < -0.4 is 5.73 Å². The van der Waals surface area contributed by atoms with E-state index in [9.17, 15) is 9.90 Å². The van der Waals surface area contributed by atoms with Gasteiger partial charge in [-0.15, -0.1) is 0 Å². The van der Waals surface area contributed by atoms with Gasteiger partial charge in [0, 0.05) is 24.7 Å². The van der Waals surface area contributed by atoms with Crippen molar-refractivity contribution in [1.82, 2.24) is 9.88 Å². The Labute approximate surface area is 125 Å². The minimum atomic E-state index is -0.533. The Morgan fingerprint density at radius 3 is 3.05 bits per heavy atom. The first-order valence-electron chi connectivity index (χ1n) is 7.77. The zero-order chi connectivity index (χ0) is 14.9. The number of aromatic nitrogens is 1. The molecule has 21 heavy (non-hydrogen) atoms. The van der Waals surface area contributed by atoms with Crippen LogP contribution in [0.2, 0.25) is 0 Å². The number of rotatable bonds is 2. The van der Waals surface area contributed by atoms with E-state index in [2.05, 4.69) is 4.98 Å². The van der Waals surface area contributed by atoms with Gasteiger partial charge in [0.05, 0.1) is 23.9 Å². The predicted octanol–water partition coefficient (Wildman–Crippen LogP) is 1.36. The molecule has 0 bridgehead atoms. The number of fused-ring (bicyclic) bond motifs is 1. The molecule has 1 aliphatic carbocycles. The zero-order valence-electron chi connectivity index (χ0n) is 12.3. The van der Waals surface area contributed by atoms with Crippen molar-refractivity contribution < 1.29 is 9.90 Å². The Kier molecular flexibility index (Phi) is 3.85. The number of nitrogen functional groups attached to an aromatic ring is 1. The highest BCUT2D eigenvalue weighted by Crippen LogP contribution is 2.39. The normalized spacial score (nSPS) is 29.0. The van der Waals surface area contributed by atoms with Crippen LogP contribution in [0.4, 0.5) is 5.69 Å². The van der Waals surface area contributed by atoms with Crippen LogP contribution in [0, 0.1) is 5.92 Å². The molecule has 1 amide bonds. The summed E-state index contributed by atoms with van der Waals surface area (Å²) in [6.07, 6.45) is 6.78. The molecule has 2 unspecified atom stereocenters. The topological polar surface area (TPSA) is 79.5 Å². The standard InChI is InChI=1S/C16H23N3O2/c17-13-4-5-14(18-10-13)9-15(20)19-8-7-16(21)6-2-1-3-12(16)11-19/h4-5,10,12,21H,1-3,6-9,11,17H2. The van der Waals surface area contributed by atoms with Gasteiger partial charge >= 0.3 is 0 Å². The molecule has 2 atom stereocenters. The lowest BCUT2D eigenvalue weighted by molar-refractivity contribution is -0.142. The Morgan fingerprint density at radius 1 is 1.43 bits per heavy atom. The summed E-state index contributed by atoms with van der Waals surface area (Å²) in [7, 11) is 0. The maximum atomic E-state index is 12.4. The molecule has 2 heterocycles. The molecule has 3 rings (SSSR count). The molecule has 3 N–H and O–H groups in total. The van der Waals surface area contributed by atoms with E-state index in [0.717, 1.165) is 31.4 Å². The van der Waals surface area contributed by atoms with Gasteiger partial charge in [0.2, 0.25) is 5.91 Å². The van der Waals surface area contributed by atoms with Gasteiger partial charge in [-0.1, -0.05) is 12.8 Å². The van der Waals surface area contributed by atoms with Gasteiger partial charge < -0.3 is 15.7 Å². The Morgan fingerprint density at radius 2 is 2.29 bits per heavy atom. The first-order valence-corrected chi connectivity index (χ1v) is 7.77. The lowest BCUT2D eigenvalue weighted by atomic mass is 9.71. The van der Waals surface area contributed by atoms with Crippen molar-refractivity contribution in [3.05, 3.63) is 24.0 Å². The van der Waals surface area contributed by atoms with Crippen molar-refractivity contribution in [3.8, 4) is 0 Å². The number of pyridine rings is 1. The second-order valence-electron chi connectivity index (χ2n) is 6.40. The van der Waals surface area contributed by atoms with E-state index < -0.39 is 5.60 Å². The number of nitrogens with zero attached hydrogens (tertiary/aromatic N) is 2. The van der Waals surface area contributed by atoms with E-state index >= 15 is 0 Å². The largest absolute Gasteiger partial charge is 0.397 e. The second-order valence-corrected chi connectivity index (χ2v) is 6.40. The van der Waals surface area contributed by atoms with Gasteiger partial charge in [0.25, 0.3) is 0 Å². The van der Waals surface area contributed by atoms with Gasteiger partial charge in [-0.25, -0.2) is 0 Å². The molecule has 1 aromatic heterocycles. The molecule has 1 saturated carbocycles. The predicted molar refractivity (Wildman–Crippen MR) is 80.5 cm³/mol. The van der Waals surface area contributed by atoms with Crippen LogP contribution >= 0.6 is 0 Å². The summed E-state index contributed by atoms with van der Waals surface area (Å²) in [5.74, 6) is 0.336. The molecule has 1 aliphatic heterocycles. The molecule has 0 radical (unpaired) electrons. The number of hydrogen-bond acceptors (Lipinski definition) is 4. The van der Waals surface area contributed by atoms with Crippen LogP contribution in [0.5, 0.6) is 0 Å². The van der Waals surface area contributed by atoms with Gasteiger partial charge in [-0.2, -0.15) is 0 Å². The molecule has 5 heteroatoms. The number of amides is 1. The molecule has 0 spiro atoms. The first kappa shape index (κ1) is 14.3. The summed E-state index contributed by atoms with van der Waals surface area (Å²) in [5, 5.41) is 10.6. The van der Waals surface area contributed by atoms with Crippen molar-refractivity contribution in [2.24, 2.45) is 5.92 Å². The molecule has 2 aliphatic rings. The maximum absolute atomic E-state index is 12.4. The number of aliphatic hydroxyl groups is 1. The highest BCUT2D eigenvalue weighted by Gasteiger charge is 2.43. The third-order valence-corrected chi connectivity index (χ3v) is 4.96. The van der Waals surface area contributed by atoms with E-state index in [4.69, 9.17) is 5.73 Å². The molecular weight excluding hydrogens is 266 g/mol. The van der Waals surface area contributed by atoms with E-state index in [0.29, 0.717) is 31.6 Å². The summed E-state index contributed by atoms with van der Waals surface area (Å²) in [6, 6.07) is 3.57. The van der Waals surface area contributed by atoms with Crippen LogP contribution in [0.1, 0.15) is 37.8 Å². The maximum Gasteiger partial charge on any atom is 0.228 e. The molecule has 5 nitrogen and oxygen atoms in total. The quantitative estimate of drug-likeness (QED) is 0.861. The summed E-state index contributed by atoms with van der Waals surface area (Å²) < 4.78 is 0. The second kappa shape index (κ2) is 5.64. The molecule has 2 fully saturated rings. The fourth-order valence-corrected chi connectivity index (χ4v) is 3.60. The Bertz CT molecular complexity index is 517.